The Morgan fingerprint density at radius 2 is 1.55 bits per heavy atom. The molecule has 0 aromatic heterocycles. The first kappa shape index (κ1) is 12.8. The van der Waals surface area contributed by atoms with Crippen molar-refractivity contribution in [1.29, 1.82) is 0 Å². The summed E-state index contributed by atoms with van der Waals surface area (Å²) in [5.74, 6) is -0.609. The zero-order valence-electron chi connectivity index (χ0n) is 10.7. The molecule has 0 radical (unpaired) electrons. The van der Waals surface area contributed by atoms with E-state index in [0.29, 0.717) is 10.9 Å². The van der Waals surface area contributed by atoms with Gasteiger partial charge >= 0.3 is 0 Å². The van der Waals surface area contributed by atoms with Gasteiger partial charge in [0.05, 0.1) is 0 Å². The molecule has 0 bridgehead atoms. The van der Waals surface area contributed by atoms with Crippen molar-refractivity contribution in [2.75, 3.05) is 0 Å². The Labute approximate surface area is 115 Å². The maximum Gasteiger partial charge on any atom is 0.131 e. The SMILES string of the molecule is NCc1ccc(-c2ccc(F)c3ccccc23)cc1F. The fourth-order valence-electron chi connectivity index (χ4n) is 2.39. The number of nitrogens with two attached hydrogens (primary N) is 1. The van der Waals surface area contributed by atoms with Crippen molar-refractivity contribution >= 4 is 10.8 Å². The van der Waals surface area contributed by atoms with Crippen LogP contribution in [-0.4, -0.2) is 0 Å². The van der Waals surface area contributed by atoms with Gasteiger partial charge in [0.25, 0.3) is 0 Å². The molecule has 2 N–H and O–H groups in total. The van der Waals surface area contributed by atoms with E-state index in [4.69, 9.17) is 5.73 Å². The van der Waals surface area contributed by atoms with E-state index in [9.17, 15) is 8.78 Å². The average Bonchev–Trinajstić information content (AvgIpc) is 2.48. The predicted molar refractivity (Wildman–Crippen MR) is 77.2 cm³/mol. The molecule has 3 rings (SSSR count). The minimum atomic E-state index is -0.335. The molecule has 3 heteroatoms. The van der Waals surface area contributed by atoms with Gasteiger partial charge in [-0.2, -0.15) is 0 Å². The Kier molecular flexibility index (Phi) is 3.20. The highest BCUT2D eigenvalue weighted by molar-refractivity contribution is 5.96. The lowest BCUT2D eigenvalue weighted by Gasteiger charge is -2.09. The van der Waals surface area contributed by atoms with Gasteiger partial charge in [0.2, 0.25) is 0 Å². The van der Waals surface area contributed by atoms with E-state index in [2.05, 4.69) is 0 Å². The molecule has 0 unspecified atom stereocenters. The number of rotatable bonds is 2. The molecule has 0 amide bonds. The third kappa shape index (κ3) is 2.06. The number of benzene rings is 3. The highest BCUT2D eigenvalue weighted by atomic mass is 19.1. The molecule has 1 nitrogen and oxygen atoms in total. The first-order valence-corrected chi connectivity index (χ1v) is 6.37. The zero-order chi connectivity index (χ0) is 14.1. The van der Waals surface area contributed by atoms with Crippen molar-refractivity contribution in [3.8, 4) is 11.1 Å². The summed E-state index contributed by atoms with van der Waals surface area (Å²) < 4.78 is 27.7. The van der Waals surface area contributed by atoms with Crippen LogP contribution in [0.15, 0.2) is 54.6 Å². The summed E-state index contributed by atoms with van der Waals surface area (Å²) in [6.45, 7) is 0.163. The predicted octanol–water partition coefficient (Wildman–Crippen LogP) is 4.24. The van der Waals surface area contributed by atoms with Crippen LogP contribution in [0.3, 0.4) is 0 Å². The topological polar surface area (TPSA) is 26.0 Å². The summed E-state index contributed by atoms with van der Waals surface area (Å²) in [5, 5.41) is 1.31. The van der Waals surface area contributed by atoms with Gasteiger partial charge in [-0.25, -0.2) is 8.78 Å². The largest absolute Gasteiger partial charge is 0.326 e. The van der Waals surface area contributed by atoms with Crippen LogP contribution >= 0.6 is 0 Å². The lowest BCUT2D eigenvalue weighted by molar-refractivity contribution is 0.611. The van der Waals surface area contributed by atoms with Crippen LogP contribution in [-0.2, 0) is 6.54 Å². The Morgan fingerprint density at radius 1 is 0.800 bits per heavy atom. The fourth-order valence-corrected chi connectivity index (χ4v) is 2.39. The van der Waals surface area contributed by atoms with Crippen LogP contribution in [0, 0.1) is 11.6 Å². The molecular weight excluding hydrogens is 256 g/mol. The first-order chi connectivity index (χ1) is 9.70. The smallest absolute Gasteiger partial charge is 0.131 e. The Balaban J connectivity index is 2.25. The van der Waals surface area contributed by atoms with Crippen LogP contribution in [0.1, 0.15) is 5.56 Å². The second kappa shape index (κ2) is 5.02. The highest BCUT2D eigenvalue weighted by Gasteiger charge is 2.09. The molecule has 0 heterocycles. The van der Waals surface area contributed by atoms with Crippen LogP contribution in [0.5, 0.6) is 0 Å². The molecule has 3 aromatic rings. The Bertz CT molecular complexity index is 781. The van der Waals surface area contributed by atoms with Gasteiger partial charge < -0.3 is 5.73 Å². The van der Waals surface area contributed by atoms with E-state index in [0.717, 1.165) is 16.5 Å². The Morgan fingerprint density at radius 3 is 2.25 bits per heavy atom. The second-order valence-corrected chi connectivity index (χ2v) is 4.65. The van der Waals surface area contributed by atoms with Crippen molar-refractivity contribution in [2.24, 2.45) is 5.73 Å². The molecule has 100 valence electrons. The van der Waals surface area contributed by atoms with Gasteiger partial charge in [0, 0.05) is 17.5 Å². The number of hydrogen-bond acceptors (Lipinski definition) is 1. The summed E-state index contributed by atoms with van der Waals surface area (Å²) in [6.07, 6.45) is 0. The van der Waals surface area contributed by atoms with Crippen LogP contribution in [0.2, 0.25) is 0 Å². The van der Waals surface area contributed by atoms with Crippen molar-refractivity contribution in [3.63, 3.8) is 0 Å². The summed E-state index contributed by atoms with van der Waals surface area (Å²) in [7, 11) is 0. The average molecular weight is 269 g/mol. The molecule has 0 aliphatic heterocycles. The van der Waals surface area contributed by atoms with E-state index in [-0.39, 0.29) is 18.2 Å². The van der Waals surface area contributed by atoms with E-state index in [1.165, 1.54) is 12.1 Å². The van der Waals surface area contributed by atoms with Gasteiger partial charge in [-0.05, 0) is 28.6 Å². The van der Waals surface area contributed by atoms with Gasteiger partial charge in [-0.3, -0.25) is 0 Å². The standard InChI is InChI=1S/C17H13F2N/c18-16-8-7-13(14-3-1-2-4-15(14)16)11-5-6-12(10-20)17(19)9-11/h1-9H,10,20H2. The third-order valence-electron chi connectivity index (χ3n) is 3.45. The lowest BCUT2D eigenvalue weighted by Crippen LogP contribution is -1.99. The van der Waals surface area contributed by atoms with E-state index in [1.54, 1.807) is 24.3 Å². The second-order valence-electron chi connectivity index (χ2n) is 4.65. The zero-order valence-corrected chi connectivity index (χ0v) is 10.7. The van der Waals surface area contributed by atoms with E-state index >= 15 is 0 Å². The molecule has 0 saturated carbocycles. The van der Waals surface area contributed by atoms with Crippen molar-refractivity contribution in [3.05, 3.63) is 71.8 Å². The van der Waals surface area contributed by atoms with Crippen LogP contribution in [0.25, 0.3) is 21.9 Å². The van der Waals surface area contributed by atoms with Gasteiger partial charge in [0.15, 0.2) is 0 Å². The summed E-state index contributed by atoms with van der Waals surface area (Å²) in [5.41, 5.74) is 7.46. The molecule has 0 spiro atoms. The van der Waals surface area contributed by atoms with Crippen LogP contribution < -0.4 is 5.73 Å². The van der Waals surface area contributed by atoms with Gasteiger partial charge in [0.1, 0.15) is 11.6 Å². The Hall–Kier alpha value is -2.26. The van der Waals surface area contributed by atoms with Crippen molar-refractivity contribution < 1.29 is 8.78 Å². The molecule has 0 atom stereocenters. The number of fused-ring (bicyclic) bond motifs is 1. The normalized spacial score (nSPS) is 10.9. The third-order valence-corrected chi connectivity index (χ3v) is 3.45. The number of hydrogen-bond donors (Lipinski definition) is 1. The molecule has 0 saturated heterocycles. The maximum atomic E-state index is 13.9. The number of halogens is 2. The monoisotopic (exact) mass is 269 g/mol. The van der Waals surface area contributed by atoms with Gasteiger partial charge in [-0.15, -0.1) is 0 Å². The minimum Gasteiger partial charge on any atom is -0.326 e. The summed E-state index contributed by atoms with van der Waals surface area (Å²) in [6, 6.07) is 15.2. The van der Waals surface area contributed by atoms with Crippen molar-refractivity contribution in [2.45, 2.75) is 6.54 Å². The maximum absolute atomic E-state index is 13.9. The molecular formula is C17H13F2N. The van der Waals surface area contributed by atoms with E-state index in [1.807, 2.05) is 18.2 Å². The lowest BCUT2D eigenvalue weighted by atomic mass is 9.97. The molecule has 0 aliphatic carbocycles. The van der Waals surface area contributed by atoms with Crippen LogP contribution in [0.4, 0.5) is 8.78 Å². The molecule has 3 aromatic carbocycles. The van der Waals surface area contributed by atoms with E-state index < -0.39 is 0 Å². The minimum absolute atomic E-state index is 0.163. The molecule has 0 fully saturated rings. The molecule has 0 aliphatic rings. The quantitative estimate of drug-likeness (QED) is 0.739. The first-order valence-electron chi connectivity index (χ1n) is 6.37. The fraction of sp³-hybridized carbons (Fsp3) is 0.0588. The van der Waals surface area contributed by atoms with Gasteiger partial charge in [-0.1, -0.05) is 42.5 Å². The van der Waals surface area contributed by atoms with Crippen molar-refractivity contribution in [1.82, 2.24) is 0 Å². The molecule has 20 heavy (non-hydrogen) atoms. The summed E-state index contributed by atoms with van der Waals surface area (Å²) in [4.78, 5) is 0. The highest BCUT2D eigenvalue weighted by Crippen LogP contribution is 2.31. The summed E-state index contributed by atoms with van der Waals surface area (Å²) >= 11 is 0.